The predicted octanol–water partition coefficient (Wildman–Crippen LogP) is 6.00. The third-order valence-corrected chi connectivity index (χ3v) is 7.17. The lowest BCUT2D eigenvalue weighted by molar-refractivity contribution is -0.384. The Morgan fingerprint density at radius 2 is 1.98 bits per heavy atom. The van der Waals surface area contributed by atoms with Crippen LogP contribution in [-0.4, -0.2) is 50.4 Å². The van der Waals surface area contributed by atoms with E-state index in [1.54, 1.807) is 18.3 Å². The second-order valence-corrected chi connectivity index (χ2v) is 9.89. The summed E-state index contributed by atoms with van der Waals surface area (Å²) in [6.45, 7) is 4.91. The van der Waals surface area contributed by atoms with Crippen LogP contribution in [0.3, 0.4) is 0 Å². The number of aromatic nitrogens is 2. The summed E-state index contributed by atoms with van der Waals surface area (Å²) in [6, 6.07) is 8.31. The largest absolute Gasteiger partial charge is 0.477 e. The molecule has 0 fully saturated rings. The van der Waals surface area contributed by atoms with Crippen LogP contribution >= 0.6 is 0 Å². The van der Waals surface area contributed by atoms with E-state index in [9.17, 15) is 24.8 Å². The second kappa shape index (κ2) is 10.1. The number of nitrogens with zero attached hydrogens (tertiary/aromatic N) is 3. The fraction of sp³-hybridized carbons (Fsp3) is 0.172. The molecule has 3 heterocycles. The zero-order chi connectivity index (χ0) is 29.7. The number of pyridine rings is 1. The average Bonchev–Trinajstić information content (AvgIpc) is 2.96. The number of carbonyl (C=O) groups is 1. The van der Waals surface area contributed by atoms with E-state index in [1.807, 2.05) is 11.9 Å². The summed E-state index contributed by atoms with van der Waals surface area (Å²) in [5.41, 5.74) is 0.737. The summed E-state index contributed by atoms with van der Waals surface area (Å²) in [4.78, 5) is 40.9. The van der Waals surface area contributed by atoms with Gasteiger partial charge in [0, 0.05) is 44.5 Å². The fourth-order valence-corrected chi connectivity index (χ4v) is 5.01. The first kappa shape index (κ1) is 26.6. The topological polar surface area (TPSA) is 159 Å². The Labute approximate surface area is 235 Å². The van der Waals surface area contributed by atoms with Crippen molar-refractivity contribution in [3.8, 4) is 0 Å². The molecule has 0 aliphatic heterocycles. The van der Waals surface area contributed by atoms with Crippen molar-refractivity contribution in [1.29, 1.82) is 0 Å². The summed E-state index contributed by atoms with van der Waals surface area (Å²) in [5.74, 6) is -2.23. The molecular weight excluding hydrogens is 549 g/mol. The lowest BCUT2D eigenvalue weighted by atomic mass is 10.1. The summed E-state index contributed by atoms with van der Waals surface area (Å²) in [6.07, 6.45) is 4.42. The van der Waals surface area contributed by atoms with Crippen LogP contribution in [0.2, 0.25) is 0 Å². The smallest absolute Gasteiger partial charge is 0.341 e. The van der Waals surface area contributed by atoms with E-state index < -0.39 is 27.7 Å². The molecule has 3 aromatic heterocycles. The molecule has 0 radical (unpaired) electrons. The Bertz CT molecular complexity index is 2170. The van der Waals surface area contributed by atoms with Crippen LogP contribution in [-0.2, 0) is 0 Å². The molecule has 0 spiro atoms. The van der Waals surface area contributed by atoms with Gasteiger partial charge in [-0.05, 0) is 31.2 Å². The van der Waals surface area contributed by atoms with Crippen molar-refractivity contribution in [3.63, 3.8) is 0 Å². The number of hydrogen-bond acceptors (Lipinski definition) is 8. The number of nitro groups is 1. The number of nitro benzene ring substituents is 1. The van der Waals surface area contributed by atoms with E-state index >= 15 is 4.39 Å². The number of H-pyrrole nitrogens is 1. The highest BCUT2D eigenvalue weighted by molar-refractivity contribution is 6.06. The van der Waals surface area contributed by atoms with E-state index in [0.29, 0.717) is 29.5 Å². The molecule has 0 unspecified atom stereocenters. The van der Waals surface area contributed by atoms with E-state index in [1.165, 1.54) is 28.8 Å². The van der Waals surface area contributed by atoms with Gasteiger partial charge in [0.15, 0.2) is 28.1 Å². The number of benzene rings is 3. The van der Waals surface area contributed by atoms with Crippen molar-refractivity contribution in [2.45, 2.75) is 12.8 Å². The minimum atomic E-state index is -1.47. The van der Waals surface area contributed by atoms with Crippen LogP contribution in [0, 0.1) is 15.9 Å². The molecular formula is C29H24FN5O7. The van der Waals surface area contributed by atoms with Crippen LogP contribution in [0.15, 0.2) is 69.0 Å². The normalized spacial score (nSPS) is 11.6. The molecule has 0 bridgehead atoms. The Morgan fingerprint density at radius 3 is 2.71 bits per heavy atom. The molecule has 0 saturated carbocycles. The van der Waals surface area contributed by atoms with E-state index in [2.05, 4.69) is 16.9 Å². The third kappa shape index (κ3) is 4.40. The molecule has 12 nitrogen and oxygen atoms in total. The minimum Gasteiger partial charge on any atom is -0.477 e. The number of nitrogens with one attached hydrogen (secondary N) is 2. The van der Waals surface area contributed by atoms with Crippen molar-refractivity contribution in [2.75, 3.05) is 25.5 Å². The van der Waals surface area contributed by atoms with Crippen LogP contribution in [0.5, 0.6) is 0 Å². The highest BCUT2D eigenvalue weighted by atomic mass is 19.1. The van der Waals surface area contributed by atoms with Gasteiger partial charge >= 0.3 is 5.97 Å². The van der Waals surface area contributed by atoms with Crippen LogP contribution in [0.1, 0.15) is 23.2 Å². The van der Waals surface area contributed by atoms with Gasteiger partial charge in [0.2, 0.25) is 5.43 Å². The zero-order valence-electron chi connectivity index (χ0n) is 22.3. The lowest BCUT2D eigenvalue weighted by Crippen LogP contribution is -2.18. The number of aromatic carboxylic acids is 1. The molecule has 0 atom stereocenters. The molecule has 0 amide bonds. The Hall–Kier alpha value is -5.59. The quantitative estimate of drug-likeness (QED) is 0.0620. The summed E-state index contributed by atoms with van der Waals surface area (Å²) < 4.78 is 29.1. The van der Waals surface area contributed by atoms with E-state index in [-0.39, 0.29) is 44.6 Å². The first-order valence-corrected chi connectivity index (χ1v) is 13.0. The number of unbranched alkanes of at least 4 members (excludes halogenated alkanes) is 1. The molecule has 13 heteroatoms. The van der Waals surface area contributed by atoms with Gasteiger partial charge < -0.3 is 33.5 Å². The monoisotopic (exact) mass is 573 g/mol. The number of rotatable bonds is 9. The second-order valence-electron chi connectivity index (χ2n) is 9.89. The van der Waals surface area contributed by atoms with Crippen LogP contribution in [0.4, 0.5) is 15.8 Å². The number of carboxylic acid groups (broad SMARTS) is 1. The number of fused-ring (bicyclic) bond motifs is 4. The first-order valence-electron chi connectivity index (χ1n) is 13.0. The van der Waals surface area contributed by atoms with E-state index in [4.69, 9.17) is 8.83 Å². The Morgan fingerprint density at radius 1 is 1.19 bits per heavy atom. The fourth-order valence-electron chi connectivity index (χ4n) is 5.01. The Balaban J connectivity index is 1.59. The zero-order valence-corrected chi connectivity index (χ0v) is 22.3. The van der Waals surface area contributed by atoms with Gasteiger partial charge in [0.05, 0.1) is 32.9 Å². The first-order chi connectivity index (χ1) is 20.2. The maximum atomic E-state index is 15.5. The maximum absolute atomic E-state index is 15.5. The van der Waals surface area contributed by atoms with Crippen LogP contribution in [0.25, 0.3) is 49.8 Å². The van der Waals surface area contributed by atoms with Gasteiger partial charge in [-0.25, -0.2) is 9.18 Å². The van der Waals surface area contributed by atoms with Gasteiger partial charge in [-0.1, -0.05) is 6.58 Å². The molecule has 0 aliphatic rings. The summed E-state index contributed by atoms with van der Waals surface area (Å²) in [7, 11) is 1.91. The molecule has 0 saturated heterocycles. The number of hydrogen-bond donors (Lipinski definition) is 3. The predicted molar refractivity (Wildman–Crippen MR) is 156 cm³/mol. The summed E-state index contributed by atoms with van der Waals surface area (Å²) >= 11 is 0. The van der Waals surface area contributed by atoms with Crippen molar-refractivity contribution >= 4 is 67.1 Å². The molecule has 3 aromatic carbocycles. The third-order valence-electron chi connectivity index (χ3n) is 7.17. The number of halogens is 1. The van der Waals surface area contributed by atoms with Gasteiger partial charge in [-0.3, -0.25) is 14.9 Å². The van der Waals surface area contributed by atoms with E-state index in [0.717, 1.165) is 19.0 Å². The highest BCUT2D eigenvalue weighted by Crippen LogP contribution is 2.35. The van der Waals surface area contributed by atoms with Gasteiger partial charge in [-0.15, -0.1) is 0 Å². The van der Waals surface area contributed by atoms with Crippen molar-refractivity contribution < 1.29 is 28.0 Å². The SMILES string of the molecule is C=CN(C)CCCCNc1c(F)cc2c(=O)c(C(=O)O)cn3c4cc5oc6cc([N+](=O)[O-])ccc6[nH]c5cc4oc1c23. The lowest BCUT2D eigenvalue weighted by Gasteiger charge is -2.17. The number of aromatic amines is 1. The van der Waals surface area contributed by atoms with Crippen molar-refractivity contribution in [2.24, 2.45) is 0 Å². The minimum absolute atomic E-state index is 0.0426. The van der Waals surface area contributed by atoms with Crippen molar-refractivity contribution in [3.05, 3.63) is 87.1 Å². The van der Waals surface area contributed by atoms with Gasteiger partial charge in [-0.2, -0.15) is 0 Å². The number of anilines is 1. The summed E-state index contributed by atoms with van der Waals surface area (Å²) in [5, 5.41) is 23.9. The Kier molecular flexibility index (Phi) is 6.41. The molecule has 6 aromatic rings. The maximum Gasteiger partial charge on any atom is 0.341 e. The molecule has 42 heavy (non-hydrogen) atoms. The van der Waals surface area contributed by atoms with Crippen LogP contribution < -0.4 is 10.7 Å². The molecule has 0 aliphatic carbocycles. The molecule has 214 valence electrons. The van der Waals surface area contributed by atoms with Crippen molar-refractivity contribution in [1.82, 2.24) is 14.3 Å². The standard InChI is InChI=1S/C29H24FN5O7/c1-3-33(2)9-5-4-8-31-25-18(30)11-16-26-28(25)42-24-12-20-23(13-21(24)34(26)14-17(27(16)36)29(37)38)41-22-10-15(35(39)40)6-7-19(22)32-20/h3,6-7,10-14,31-32H,1,4-5,8-9H2,2H3,(H,37,38). The highest BCUT2D eigenvalue weighted by Gasteiger charge is 2.23. The molecule has 3 N–H and O–H groups in total. The molecule has 6 rings (SSSR count). The van der Waals surface area contributed by atoms with Gasteiger partial charge in [0.1, 0.15) is 16.8 Å². The average molecular weight is 574 g/mol. The number of carboxylic acids is 1. The van der Waals surface area contributed by atoms with Gasteiger partial charge in [0.25, 0.3) is 5.69 Å². The number of non-ortho nitro benzene ring substituents is 1.